The van der Waals surface area contributed by atoms with Crippen LogP contribution in [0.4, 0.5) is 0 Å². The Bertz CT molecular complexity index is 529. The molecule has 1 saturated carbocycles. The topological polar surface area (TPSA) is 20.2 Å². The molecular weight excluding hydrogens is 228 g/mol. The minimum absolute atomic E-state index is 0.386. The van der Waals surface area contributed by atoms with Crippen molar-refractivity contribution in [2.75, 3.05) is 0 Å². The molecule has 0 atom stereocenters. The summed E-state index contributed by atoms with van der Waals surface area (Å²) in [5.74, 6) is 0.386. The van der Waals surface area contributed by atoms with Gasteiger partial charge in [-0.3, -0.25) is 0 Å². The molecule has 1 aliphatic rings. The highest BCUT2D eigenvalue weighted by molar-refractivity contribution is 8.00. The lowest BCUT2D eigenvalue weighted by molar-refractivity contribution is 0.481. The van der Waals surface area contributed by atoms with E-state index in [9.17, 15) is 5.11 Å². The first-order valence-electron chi connectivity index (χ1n) is 6.22. The van der Waals surface area contributed by atoms with Crippen molar-refractivity contribution < 1.29 is 5.11 Å². The third-order valence-electron chi connectivity index (χ3n) is 3.46. The van der Waals surface area contributed by atoms with Crippen molar-refractivity contribution in [1.29, 1.82) is 0 Å². The van der Waals surface area contributed by atoms with Gasteiger partial charge in [0.2, 0.25) is 0 Å². The number of aromatic hydroxyl groups is 1. The van der Waals surface area contributed by atoms with Crippen molar-refractivity contribution in [3.8, 4) is 5.75 Å². The molecule has 1 nitrogen and oxygen atoms in total. The standard InChI is InChI=1S/C15H16OS/c16-14-9-10-15(17-11-5-1-2-6-11)13-8-4-3-7-12(13)14/h3-4,7-11,16H,1-2,5-6H2. The second-order valence-electron chi connectivity index (χ2n) is 4.65. The lowest BCUT2D eigenvalue weighted by Gasteiger charge is -2.12. The molecule has 1 N–H and O–H groups in total. The van der Waals surface area contributed by atoms with Gasteiger partial charge in [-0.15, -0.1) is 11.8 Å². The predicted octanol–water partition coefficient (Wildman–Crippen LogP) is 4.58. The lowest BCUT2D eigenvalue weighted by atomic mass is 10.1. The average Bonchev–Trinajstić information content (AvgIpc) is 2.86. The average molecular weight is 244 g/mol. The van der Waals surface area contributed by atoms with E-state index in [0.717, 1.165) is 10.6 Å². The van der Waals surface area contributed by atoms with Gasteiger partial charge < -0.3 is 5.11 Å². The maximum Gasteiger partial charge on any atom is 0.123 e. The number of hydrogen-bond donors (Lipinski definition) is 1. The van der Waals surface area contributed by atoms with Crippen molar-refractivity contribution >= 4 is 22.5 Å². The second kappa shape index (κ2) is 4.61. The van der Waals surface area contributed by atoms with Gasteiger partial charge >= 0.3 is 0 Å². The Hall–Kier alpha value is -1.15. The minimum Gasteiger partial charge on any atom is -0.507 e. The third-order valence-corrected chi connectivity index (χ3v) is 4.87. The molecular formula is C15H16OS. The summed E-state index contributed by atoms with van der Waals surface area (Å²) in [5.41, 5.74) is 0. The highest BCUT2D eigenvalue weighted by Crippen LogP contribution is 2.39. The van der Waals surface area contributed by atoms with Gasteiger partial charge in [0.05, 0.1) is 0 Å². The molecule has 2 aromatic rings. The molecule has 88 valence electrons. The van der Waals surface area contributed by atoms with Crippen LogP contribution < -0.4 is 0 Å². The molecule has 0 saturated heterocycles. The van der Waals surface area contributed by atoms with Crippen molar-refractivity contribution in [2.45, 2.75) is 35.8 Å². The number of phenolic OH excluding ortho intramolecular Hbond substituents is 1. The molecule has 0 radical (unpaired) electrons. The van der Waals surface area contributed by atoms with E-state index in [2.05, 4.69) is 12.1 Å². The van der Waals surface area contributed by atoms with Gasteiger partial charge in [0, 0.05) is 15.5 Å². The maximum absolute atomic E-state index is 9.85. The van der Waals surface area contributed by atoms with Crippen molar-refractivity contribution in [2.24, 2.45) is 0 Å². The predicted molar refractivity (Wildman–Crippen MR) is 73.7 cm³/mol. The van der Waals surface area contributed by atoms with E-state index in [-0.39, 0.29) is 0 Å². The van der Waals surface area contributed by atoms with Gasteiger partial charge in [-0.1, -0.05) is 37.1 Å². The first kappa shape index (κ1) is 11.0. The Morgan fingerprint density at radius 1 is 0.941 bits per heavy atom. The Morgan fingerprint density at radius 3 is 2.41 bits per heavy atom. The van der Waals surface area contributed by atoms with Crippen LogP contribution in [0.25, 0.3) is 10.8 Å². The van der Waals surface area contributed by atoms with Gasteiger partial charge in [0.25, 0.3) is 0 Å². The number of hydrogen-bond acceptors (Lipinski definition) is 2. The summed E-state index contributed by atoms with van der Waals surface area (Å²) in [4.78, 5) is 1.31. The zero-order valence-electron chi connectivity index (χ0n) is 9.73. The van der Waals surface area contributed by atoms with Crippen LogP contribution in [-0.4, -0.2) is 10.4 Å². The van der Waals surface area contributed by atoms with Gasteiger partial charge in [-0.2, -0.15) is 0 Å². The van der Waals surface area contributed by atoms with E-state index in [4.69, 9.17) is 0 Å². The molecule has 0 aliphatic heterocycles. The van der Waals surface area contributed by atoms with Crippen molar-refractivity contribution in [3.63, 3.8) is 0 Å². The highest BCUT2D eigenvalue weighted by Gasteiger charge is 2.17. The lowest BCUT2D eigenvalue weighted by Crippen LogP contribution is -1.93. The first-order valence-corrected chi connectivity index (χ1v) is 7.10. The van der Waals surface area contributed by atoms with Crippen LogP contribution in [0.15, 0.2) is 41.3 Å². The molecule has 0 unspecified atom stereocenters. The third kappa shape index (κ3) is 2.14. The molecule has 0 aromatic heterocycles. The Balaban J connectivity index is 2.01. The summed E-state index contributed by atoms with van der Waals surface area (Å²) in [6, 6.07) is 12.0. The molecule has 17 heavy (non-hydrogen) atoms. The molecule has 0 amide bonds. The van der Waals surface area contributed by atoms with Gasteiger partial charge in [-0.25, -0.2) is 0 Å². The quantitative estimate of drug-likeness (QED) is 0.834. The highest BCUT2D eigenvalue weighted by atomic mass is 32.2. The van der Waals surface area contributed by atoms with Crippen molar-refractivity contribution in [3.05, 3.63) is 36.4 Å². The normalized spacial score (nSPS) is 16.7. The molecule has 2 aromatic carbocycles. The Morgan fingerprint density at radius 2 is 1.65 bits per heavy atom. The van der Waals surface area contributed by atoms with Crippen LogP contribution in [0.1, 0.15) is 25.7 Å². The zero-order valence-corrected chi connectivity index (χ0v) is 10.5. The van der Waals surface area contributed by atoms with Gasteiger partial charge in [0.15, 0.2) is 0 Å². The molecule has 0 bridgehead atoms. The number of phenols is 1. The Labute approximate surface area is 106 Å². The second-order valence-corrected chi connectivity index (χ2v) is 5.99. The molecule has 3 rings (SSSR count). The zero-order chi connectivity index (χ0) is 11.7. The molecule has 0 spiro atoms. The minimum atomic E-state index is 0.386. The summed E-state index contributed by atoms with van der Waals surface area (Å²) in [5, 5.41) is 12.8. The smallest absolute Gasteiger partial charge is 0.123 e. The molecule has 0 heterocycles. The number of thioether (sulfide) groups is 1. The van der Waals surface area contributed by atoms with E-state index in [1.54, 1.807) is 0 Å². The largest absolute Gasteiger partial charge is 0.507 e. The summed E-state index contributed by atoms with van der Waals surface area (Å²) in [7, 11) is 0. The number of rotatable bonds is 2. The van der Waals surface area contributed by atoms with E-state index in [0.29, 0.717) is 5.75 Å². The van der Waals surface area contributed by atoms with E-state index >= 15 is 0 Å². The van der Waals surface area contributed by atoms with Gasteiger partial charge in [-0.05, 0) is 30.4 Å². The van der Waals surface area contributed by atoms with Crippen molar-refractivity contribution in [1.82, 2.24) is 0 Å². The molecule has 1 fully saturated rings. The fourth-order valence-electron chi connectivity index (χ4n) is 2.54. The van der Waals surface area contributed by atoms with E-state index in [1.165, 1.54) is 36.0 Å². The number of fused-ring (bicyclic) bond motifs is 1. The van der Waals surface area contributed by atoms with E-state index in [1.807, 2.05) is 36.0 Å². The summed E-state index contributed by atoms with van der Waals surface area (Å²) >= 11 is 1.98. The monoisotopic (exact) mass is 244 g/mol. The Kier molecular flexibility index (Phi) is 2.98. The van der Waals surface area contributed by atoms with Crippen LogP contribution in [0.2, 0.25) is 0 Å². The fraction of sp³-hybridized carbons (Fsp3) is 0.333. The van der Waals surface area contributed by atoms with Crippen LogP contribution in [0, 0.1) is 0 Å². The fourth-order valence-corrected chi connectivity index (χ4v) is 3.92. The number of benzene rings is 2. The van der Waals surface area contributed by atoms with Gasteiger partial charge in [0.1, 0.15) is 5.75 Å². The maximum atomic E-state index is 9.85. The summed E-state index contributed by atoms with van der Waals surface area (Å²) in [6.07, 6.45) is 5.40. The summed E-state index contributed by atoms with van der Waals surface area (Å²) < 4.78 is 0. The SMILES string of the molecule is Oc1ccc(SC2CCCC2)c2ccccc12. The van der Waals surface area contributed by atoms with E-state index < -0.39 is 0 Å². The van der Waals surface area contributed by atoms with Crippen LogP contribution in [0.3, 0.4) is 0 Å². The van der Waals surface area contributed by atoms with Crippen LogP contribution >= 0.6 is 11.8 Å². The van der Waals surface area contributed by atoms with Crippen LogP contribution in [-0.2, 0) is 0 Å². The molecule has 1 aliphatic carbocycles. The molecule has 2 heteroatoms. The summed E-state index contributed by atoms with van der Waals surface area (Å²) in [6.45, 7) is 0. The van der Waals surface area contributed by atoms with Crippen LogP contribution in [0.5, 0.6) is 5.75 Å². The first-order chi connectivity index (χ1) is 8.34.